The van der Waals surface area contributed by atoms with Crippen molar-refractivity contribution in [3.05, 3.63) is 65.7 Å². The molecule has 0 heterocycles. The molecule has 2 aromatic rings. The zero-order valence-electron chi connectivity index (χ0n) is 15.9. The lowest BCUT2D eigenvalue weighted by molar-refractivity contribution is -0.121. The van der Waals surface area contributed by atoms with Gasteiger partial charge in [0.1, 0.15) is 5.75 Å². The molecule has 0 atom stereocenters. The fourth-order valence-corrected chi connectivity index (χ4v) is 2.71. The van der Waals surface area contributed by atoms with E-state index in [2.05, 4.69) is 10.6 Å². The van der Waals surface area contributed by atoms with E-state index in [-0.39, 0.29) is 11.8 Å². The number of hydrogen-bond donors (Lipinski definition) is 2. The normalized spacial score (nSPS) is 10.3. The Labute approximate surface area is 161 Å². The van der Waals surface area contributed by atoms with Crippen molar-refractivity contribution in [1.29, 1.82) is 0 Å². The second-order valence-electron chi connectivity index (χ2n) is 6.38. The molecule has 0 bridgehead atoms. The Hall–Kier alpha value is -2.82. The van der Waals surface area contributed by atoms with Crippen LogP contribution in [0.2, 0.25) is 0 Å². The highest BCUT2D eigenvalue weighted by Gasteiger charge is 2.04. The average Bonchev–Trinajstić information content (AvgIpc) is 2.71. The third-order valence-electron chi connectivity index (χ3n) is 4.30. The molecule has 144 valence electrons. The molecule has 27 heavy (non-hydrogen) atoms. The number of benzene rings is 2. The van der Waals surface area contributed by atoms with Crippen LogP contribution in [0.1, 0.15) is 41.6 Å². The lowest BCUT2D eigenvalue weighted by atomic mass is 10.1. The first-order chi connectivity index (χ1) is 13.2. The molecule has 5 heteroatoms. The maximum absolute atomic E-state index is 11.9. The highest BCUT2D eigenvalue weighted by Crippen LogP contribution is 2.11. The lowest BCUT2D eigenvalue weighted by Crippen LogP contribution is -2.26. The van der Waals surface area contributed by atoms with Gasteiger partial charge in [0.2, 0.25) is 5.91 Å². The first-order valence-corrected chi connectivity index (χ1v) is 9.42. The van der Waals surface area contributed by atoms with Crippen LogP contribution in [-0.4, -0.2) is 32.0 Å². The van der Waals surface area contributed by atoms with Gasteiger partial charge in [-0.15, -0.1) is 0 Å². The quantitative estimate of drug-likeness (QED) is 0.598. The number of carbonyl (C=O) groups is 2. The highest BCUT2D eigenvalue weighted by atomic mass is 16.5. The predicted octanol–water partition coefficient (Wildman–Crippen LogP) is 3.34. The van der Waals surface area contributed by atoms with Crippen molar-refractivity contribution in [3.8, 4) is 5.75 Å². The van der Waals surface area contributed by atoms with E-state index in [9.17, 15) is 9.59 Å². The van der Waals surface area contributed by atoms with Crippen LogP contribution in [-0.2, 0) is 11.2 Å². The molecule has 2 N–H and O–H groups in total. The summed E-state index contributed by atoms with van der Waals surface area (Å²) in [4.78, 5) is 23.7. The van der Waals surface area contributed by atoms with Crippen LogP contribution in [0.3, 0.4) is 0 Å². The summed E-state index contributed by atoms with van der Waals surface area (Å²) < 4.78 is 5.13. The smallest absolute Gasteiger partial charge is 0.251 e. The van der Waals surface area contributed by atoms with Gasteiger partial charge >= 0.3 is 0 Å². The van der Waals surface area contributed by atoms with E-state index in [1.54, 1.807) is 19.2 Å². The zero-order chi connectivity index (χ0) is 19.3. The molecule has 5 nitrogen and oxygen atoms in total. The summed E-state index contributed by atoms with van der Waals surface area (Å²) in [5.41, 5.74) is 1.85. The van der Waals surface area contributed by atoms with Gasteiger partial charge in [-0.25, -0.2) is 0 Å². The number of nitrogens with one attached hydrogen (secondary N) is 2. The van der Waals surface area contributed by atoms with Gasteiger partial charge in [0.15, 0.2) is 0 Å². The van der Waals surface area contributed by atoms with Crippen molar-refractivity contribution < 1.29 is 14.3 Å². The maximum atomic E-state index is 11.9. The first-order valence-electron chi connectivity index (χ1n) is 9.42. The highest BCUT2D eigenvalue weighted by molar-refractivity contribution is 5.94. The van der Waals surface area contributed by atoms with Crippen LogP contribution in [0, 0.1) is 0 Å². The standard InChI is InChI=1S/C22H28N2O3/c1-27-20-13-11-18(12-14-20)15-17-23-21(25)10-6-3-7-16-24-22(26)19-8-4-2-5-9-19/h2,4-5,8-9,11-14H,3,6-7,10,15-17H2,1H3,(H,23,25)(H,24,26). The van der Waals surface area contributed by atoms with Crippen LogP contribution in [0.25, 0.3) is 0 Å². The van der Waals surface area contributed by atoms with Gasteiger partial charge in [-0.2, -0.15) is 0 Å². The van der Waals surface area contributed by atoms with Gasteiger partial charge in [0.05, 0.1) is 7.11 Å². The Morgan fingerprint density at radius 3 is 2.30 bits per heavy atom. The fraction of sp³-hybridized carbons (Fsp3) is 0.364. The van der Waals surface area contributed by atoms with Crippen LogP contribution in [0.4, 0.5) is 0 Å². The van der Waals surface area contributed by atoms with E-state index in [4.69, 9.17) is 4.74 Å². The number of hydrogen-bond acceptors (Lipinski definition) is 3. The molecule has 0 aliphatic carbocycles. The molecule has 2 amide bonds. The summed E-state index contributed by atoms with van der Waals surface area (Å²) in [6.07, 6.45) is 3.95. The summed E-state index contributed by atoms with van der Waals surface area (Å²) >= 11 is 0. The SMILES string of the molecule is COc1ccc(CCNC(=O)CCCCCNC(=O)c2ccccc2)cc1. The number of amides is 2. The average molecular weight is 368 g/mol. The van der Waals surface area contributed by atoms with Crippen molar-refractivity contribution in [1.82, 2.24) is 10.6 Å². The fourth-order valence-electron chi connectivity index (χ4n) is 2.71. The van der Waals surface area contributed by atoms with Crippen molar-refractivity contribution in [3.63, 3.8) is 0 Å². The zero-order valence-corrected chi connectivity index (χ0v) is 15.9. The molecule has 0 fully saturated rings. The number of rotatable bonds is 11. The van der Waals surface area contributed by atoms with E-state index in [0.717, 1.165) is 31.4 Å². The Balaban J connectivity index is 1.49. The Morgan fingerprint density at radius 1 is 0.852 bits per heavy atom. The molecule has 0 aliphatic rings. The lowest BCUT2D eigenvalue weighted by Gasteiger charge is -2.07. The molecule has 0 spiro atoms. The minimum absolute atomic E-state index is 0.0492. The van der Waals surface area contributed by atoms with E-state index in [1.165, 1.54) is 5.56 Å². The van der Waals surface area contributed by atoms with Gasteiger partial charge in [-0.3, -0.25) is 9.59 Å². The summed E-state index contributed by atoms with van der Waals surface area (Å²) in [7, 11) is 1.65. The third kappa shape index (κ3) is 7.94. The summed E-state index contributed by atoms with van der Waals surface area (Å²) in [5, 5.41) is 5.85. The molecular formula is C22H28N2O3. The molecule has 0 saturated heterocycles. The Morgan fingerprint density at radius 2 is 1.59 bits per heavy atom. The van der Waals surface area contributed by atoms with E-state index in [1.807, 2.05) is 42.5 Å². The van der Waals surface area contributed by atoms with Crippen molar-refractivity contribution in [2.75, 3.05) is 20.2 Å². The summed E-state index contributed by atoms with van der Waals surface area (Å²) in [6.45, 7) is 1.27. The molecule has 0 aromatic heterocycles. The minimum Gasteiger partial charge on any atom is -0.497 e. The van der Waals surface area contributed by atoms with Gasteiger partial charge in [-0.05, 0) is 49.1 Å². The second kappa shape index (κ2) is 11.7. The van der Waals surface area contributed by atoms with Crippen LogP contribution < -0.4 is 15.4 Å². The monoisotopic (exact) mass is 368 g/mol. The van der Waals surface area contributed by atoms with Crippen molar-refractivity contribution >= 4 is 11.8 Å². The molecule has 2 aromatic carbocycles. The number of unbranched alkanes of at least 4 members (excludes halogenated alkanes) is 2. The Bertz CT molecular complexity index is 699. The van der Waals surface area contributed by atoms with E-state index in [0.29, 0.717) is 25.1 Å². The predicted molar refractivity (Wildman–Crippen MR) is 107 cm³/mol. The first kappa shape index (κ1) is 20.5. The largest absolute Gasteiger partial charge is 0.497 e. The van der Waals surface area contributed by atoms with Crippen LogP contribution in [0.15, 0.2) is 54.6 Å². The topological polar surface area (TPSA) is 67.4 Å². The Kier molecular flexibility index (Phi) is 8.90. The van der Waals surface area contributed by atoms with Crippen molar-refractivity contribution in [2.45, 2.75) is 32.1 Å². The van der Waals surface area contributed by atoms with E-state index < -0.39 is 0 Å². The molecule has 0 radical (unpaired) electrons. The summed E-state index contributed by atoms with van der Waals surface area (Å²) in [6, 6.07) is 17.0. The van der Waals surface area contributed by atoms with Crippen LogP contribution in [0.5, 0.6) is 5.75 Å². The summed E-state index contributed by atoms with van der Waals surface area (Å²) in [5.74, 6) is 0.867. The van der Waals surface area contributed by atoms with Crippen LogP contribution >= 0.6 is 0 Å². The van der Waals surface area contributed by atoms with Gasteiger partial charge in [-0.1, -0.05) is 36.8 Å². The minimum atomic E-state index is -0.0492. The van der Waals surface area contributed by atoms with Gasteiger partial charge < -0.3 is 15.4 Å². The third-order valence-corrected chi connectivity index (χ3v) is 4.30. The van der Waals surface area contributed by atoms with Gasteiger partial charge in [0.25, 0.3) is 5.91 Å². The molecule has 2 rings (SSSR count). The number of ether oxygens (including phenoxy) is 1. The molecule has 0 aliphatic heterocycles. The van der Waals surface area contributed by atoms with Gasteiger partial charge in [0, 0.05) is 25.1 Å². The maximum Gasteiger partial charge on any atom is 0.251 e. The number of methoxy groups -OCH3 is 1. The number of carbonyl (C=O) groups excluding carboxylic acids is 2. The molecule has 0 unspecified atom stereocenters. The van der Waals surface area contributed by atoms with Crippen molar-refractivity contribution in [2.24, 2.45) is 0 Å². The molecule has 0 saturated carbocycles. The molecular weight excluding hydrogens is 340 g/mol. The van der Waals surface area contributed by atoms with E-state index >= 15 is 0 Å². The second-order valence-corrected chi connectivity index (χ2v) is 6.38.